The molecule has 0 aromatic rings. The molecule has 1 fully saturated rings. The predicted octanol–water partition coefficient (Wildman–Crippen LogP) is -0.299. The van der Waals surface area contributed by atoms with Crippen LogP contribution in [0.15, 0.2) is 0 Å². The maximum absolute atomic E-state index is 11.2. The Bertz CT molecular complexity index is 167. The molecule has 1 aliphatic rings. The van der Waals surface area contributed by atoms with Gasteiger partial charge < -0.3 is 10.1 Å². The molecule has 1 amide bonds. The number of carbonyl (C=O) groups excluding carboxylic acids is 1. The Hall–Kier alpha value is -0.610. The van der Waals surface area contributed by atoms with E-state index in [0.29, 0.717) is 0 Å². The Labute approximate surface area is 79.2 Å². The molecule has 0 aliphatic carbocycles. The van der Waals surface area contributed by atoms with Gasteiger partial charge in [-0.1, -0.05) is 6.92 Å². The molecule has 4 nitrogen and oxygen atoms in total. The topological polar surface area (TPSA) is 41.6 Å². The number of amides is 1. The quantitative estimate of drug-likeness (QED) is 0.658. The van der Waals surface area contributed by atoms with Gasteiger partial charge in [0.05, 0.1) is 13.2 Å². The molecule has 4 heteroatoms. The number of morpholine rings is 1. The van der Waals surface area contributed by atoms with E-state index >= 15 is 0 Å². The van der Waals surface area contributed by atoms with E-state index in [-0.39, 0.29) is 11.8 Å². The Balaban J connectivity index is 2.25. The van der Waals surface area contributed by atoms with Gasteiger partial charge in [0, 0.05) is 32.6 Å². The first-order chi connectivity index (χ1) is 6.24. The van der Waals surface area contributed by atoms with Crippen LogP contribution in [0.3, 0.4) is 0 Å². The fourth-order valence-corrected chi connectivity index (χ4v) is 1.50. The van der Waals surface area contributed by atoms with E-state index in [0.717, 1.165) is 32.8 Å². The van der Waals surface area contributed by atoms with Crippen LogP contribution in [0.25, 0.3) is 0 Å². The molecule has 1 unspecified atom stereocenters. The molecule has 0 aromatic carbocycles. The third kappa shape index (κ3) is 3.32. The average Bonchev–Trinajstić information content (AvgIpc) is 2.18. The van der Waals surface area contributed by atoms with Crippen molar-refractivity contribution < 1.29 is 9.53 Å². The summed E-state index contributed by atoms with van der Waals surface area (Å²) in [6.45, 7) is 6.26. The molecule has 0 saturated carbocycles. The van der Waals surface area contributed by atoms with Crippen LogP contribution in [0.4, 0.5) is 0 Å². The third-order valence-electron chi connectivity index (χ3n) is 2.33. The molecule has 0 spiro atoms. The van der Waals surface area contributed by atoms with E-state index in [1.54, 1.807) is 7.05 Å². The molecule has 76 valence electrons. The lowest BCUT2D eigenvalue weighted by Gasteiger charge is -2.28. The molecular weight excluding hydrogens is 168 g/mol. The van der Waals surface area contributed by atoms with Crippen molar-refractivity contribution in [3.8, 4) is 0 Å². The zero-order chi connectivity index (χ0) is 9.68. The molecule has 0 bridgehead atoms. The molecular formula is C9H18N2O2. The van der Waals surface area contributed by atoms with Crippen molar-refractivity contribution in [3.05, 3.63) is 0 Å². The summed E-state index contributed by atoms with van der Waals surface area (Å²) in [6, 6.07) is 0. The highest BCUT2D eigenvalue weighted by molar-refractivity contribution is 5.78. The fraction of sp³-hybridized carbons (Fsp3) is 0.889. The molecule has 0 aromatic heterocycles. The summed E-state index contributed by atoms with van der Waals surface area (Å²) in [4.78, 5) is 13.5. The van der Waals surface area contributed by atoms with E-state index in [1.807, 2.05) is 6.92 Å². The van der Waals surface area contributed by atoms with Gasteiger partial charge in [0.15, 0.2) is 0 Å². The minimum absolute atomic E-state index is 0.0723. The van der Waals surface area contributed by atoms with Crippen molar-refractivity contribution in [2.45, 2.75) is 6.92 Å². The zero-order valence-corrected chi connectivity index (χ0v) is 8.38. The van der Waals surface area contributed by atoms with Crippen LogP contribution in [-0.2, 0) is 9.53 Å². The van der Waals surface area contributed by atoms with Gasteiger partial charge in [-0.05, 0) is 0 Å². The molecule has 1 N–H and O–H groups in total. The number of nitrogens with one attached hydrogen (secondary N) is 1. The molecule has 1 aliphatic heterocycles. The highest BCUT2D eigenvalue weighted by atomic mass is 16.5. The Kier molecular flexibility index (Phi) is 4.18. The molecule has 13 heavy (non-hydrogen) atoms. The van der Waals surface area contributed by atoms with Crippen molar-refractivity contribution in [2.24, 2.45) is 5.92 Å². The van der Waals surface area contributed by atoms with E-state index in [9.17, 15) is 4.79 Å². The van der Waals surface area contributed by atoms with E-state index < -0.39 is 0 Å². The average molecular weight is 186 g/mol. The van der Waals surface area contributed by atoms with Crippen LogP contribution in [-0.4, -0.2) is 50.7 Å². The van der Waals surface area contributed by atoms with Gasteiger partial charge in [0.25, 0.3) is 0 Å². The molecule has 1 rings (SSSR count). The first kappa shape index (κ1) is 10.5. The molecule has 1 atom stereocenters. The maximum atomic E-state index is 11.2. The number of nitrogens with zero attached hydrogens (tertiary/aromatic N) is 1. The smallest absolute Gasteiger partial charge is 0.223 e. The highest BCUT2D eigenvalue weighted by Gasteiger charge is 2.17. The standard InChI is InChI=1S/C9H18N2O2/c1-8(9(12)10-2)7-11-3-5-13-6-4-11/h8H,3-7H2,1-2H3,(H,10,12). The van der Waals surface area contributed by atoms with Crippen molar-refractivity contribution >= 4 is 5.91 Å². The summed E-state index contributed by atoms with van der Waals surface area (Å²) in [5.41, 5.74) is 0. The number of carbonyl (C=O) groups is 1. The van der Waals surface area contributed by atoms with Gasteiger partial charge in [-0.2, -0.15) is 0 Å². The summed E-state index contributed by atoms with van der Waals surface area (Å²) in [6.07, 6.45) is 0. The van der Waals surface area contributed by atoms with Gasteiger partial charge in [-0.3, -0.25) is 9.69 Å². The fourth-order valence-electron chi connectivity index (χ4n) is 1.50. The van der Waals surface area contributed by atoms with Crippen molar-refractivity contribution in [3.63, 3.8) is 0 Å². The second-order valence-corrected chi connectivity index (χ2v) is 3.43. The lowest BCUT2D eigenvalue weighted by Crippen LogP contribution is -2.42. The lowest BCUT2D eigenvalue weighted by atomic mass is 10.1. The predicted molar refractivity (Wildman–Crippen MR) is 50.5 cm³/mol. The minimum atomic E-state index is 0.0723. The first-order valence-corrected chi connectivity index (χ1v) is 4.75. The van der Waals surface area contributed by atoms with Crippen LogP contribution in [0.2, 0.25) is 0 Å². The number of ether oxygens (including phenoxy) is 1. The van der Waals surface area contributed by atoms with Crippen molar-refractivity contribution in [2.75, 3.05) is 39.9 Å². The van der Waals surface area contributed by atoms with Gasteiger partial charge in [-0.25, -0.2) is 0 Å². The number of rotatable bonds is 3. The minimum Gasteiger partial charge on any atom is -0.379 e. The monoisotopic (exact) mass is 186 g/mol. The van der Waals surface area contributed by atoms with Gasteiger partial charge in [-0.15, -0.1) is 0 Å². The van der Waals surface area contributed by atoms with Crippen molar-refractivity contribution in [1.82, 2.24) is 10.2 Å². The summed E-state index contributed by atoms with van der Waals surface area (Å²) in [5, 5.41) is 2.66. The molecule has 1 heterocycles. The molecule has 1 saturated heterocycles. The lowest BCUT2D eigenvalue weighted by molar-refractivity contribution is -0.124. The second-order valence-electron chi connectivity index (χ2n) is 3.43. The van der Waals surface area contributed by atoms with E-state index in [2.05, 4.69) is 10.2 Å². The maximum Gasteiger partial charge on any atom is 0.223 e. The summed E-state index contributed by atoms with van der Waals surface area (Å²) < 4.78 is 5.23. The van der Waals surface area contributed by atoms with Crippen LogP contribution >= 0.6 is 0 Å². The van der Waals surface area contributed by atoms with Crippen LogP contribution < -0.4 is 5.32 Å². The highest BCUT2D eigenvalue weighted by Crippen LogP contribution is 2.02. The third-order valence-corrected chi connectivity index (χ3v) is 2.33. The normalized spacial score (nSPS) is 21.1. The van der Waals surface area contributed by atoms with E-state index in [1.165, 1.54) is 0 Å². The van der Waals surface area contributed by atoms with Crippen molar-refractivity contribution in [1.29, 1.82) is 0 Å². The Morgan fingerprint density at radius 2 is 2.15 bits per heavy atom. The Morgan fingerprint density at radius 3 is 2.69 bits per heavy atom. The van der Waals surface area contributed by atoms with Crippen LogP contribution in [0, 0.1) is 5.92 Å². The number of hydrogen-bond acceptors (Lipinski definition) is 3. The van der Waals surface area contributed by atoms with Crippen LogP contribution in [0.1, 0.15) is 6.92 Å². The second kappa shape index (κ2) is 5.19. The summed E-state index contributed by atoms with van der Waals surface area (Å²) >= 11 is 0. The summed E-state index contributed by atoms with van der Waals surface area (Å²) in [7, 11) is 1.68. The van der Waals surface area contributed by atoms with Crippen LogP contribution in [0.5, 0.6) is 0 Å². The van der Waals surface area contributed by atoms with Gasteiger partial charge >= 0.3 is 0 Å². The SMILES string of the molecule is CNC(=O)C(C)CN1CCOCC1. The van der Waals surface area contributed by atoms with Gasteiger partial charge in [0.1, 0.15) is 0 Å². The zero-order valence-electron chi connectivity index (χ0n) is 8.38. The first-order valence-electron chi connectivity index (χ1n) is 4.75. The largest absolute Gasteiger partial charge is 0.379 e. The van der Waals surface area contributed by atoms with E-state index in [4.69, 9.17) is 4.74 Å². The number of hydrogen-bond donors (Lipinski definition) is 1. The summed E-state index contributed by atoms with van der Waals surface area (Å²) in [5.74, 6) is 0.189. The Morgan fingerprint density at radius 1 is 1.54 bits per heavy atom. The van der Waals surface area contributed by atoms with Gasteiger partial charge in [0.2, 0.25) is 5.91 Å². The molecule has 0 radical (unpaired) electrons.